The van der Waals surface area contributed by atoms with Crippen LogP contribution < -0.4 is 5.73 Å². The van der Waals surface area contributed by atoms with Crippen LogP contribution in [0.25, 0.3) is 0 Å². The molecule has 18 heavy (non-hydrogen) atoms. The van der Waals surface area contributed by atoms with E-state index in [-0.39, 0.29) is 6.54 Å². The van der Waals surface area contributed by atoms with Gasteiger partial charge in [-0.15, -0.1) is 0 Å². The Labute approximate surface area is 109 Å². The van der Waals surface area contributed by atoms with Gasteiger partial charge in [-0.1, -0.05) is 50.1 Å². The number of rotatable bonds is 8. The smallest absolute Gasteiger partial charge is 0.310 e. The SMILES string of the molecule is CCCCC(CN)(CCc1ccccc1)C(=O)O. The number of hydrogen-bond acceptors (Lipinski definition) is 2. The molecule has 0 amide bonds. The van der Waals surface area contributed by atoms with Gasteiger partial charge in [0.25, 0.3) is 0 Å². The van der Waals surface area contributed by atoms with Crippen LogP contribution >= 0.6 is 0 Å². The molecule has 1 aromatic carbocycles. The average Bonchev–Trinajstić information content (AvgIpc) is 2.40. The van der Waals surface area contributed by atoms with Crippen LogP contribution in [0, 0.1) is 5.41 Å². The fourth-order valence-electron chi connectivity index (χ4n) is 2.17. The zero-order valence-corrected chi connectivity index (χ0v) is 11.1. The van der Waals surface area contributed by atoms with Crippen LogP contribution in [-0.4, -0.2) is 17.6 Å². The Balaban J connectivity index is 2.69. The molecule has 0 radical (unpaired) electrons. The lowest BCUT2D eigenvalue weighted by atomic mass is 9.78. The van der Waals surface area contributed by atoms with Crippen molar-refractivity contribution in [3.8, 4) is 0 Å². The van der Waals surface area contributed by atoms with Gasteiger partial charge in [-0.2, -0.15) is 0 Å². The summed E-state index contributed by atoms with van der Waals surface area (Å²) in [4.78, 5) is 11.5. The predicted molar refractivity (Wildman–Crippen MR) is 73.4 cm³/mol. The summed E-state index contributed by atoms with van der Waals surface area (Å²) in [5, 5.41) is 9.45. The normalized spacial score (nSPS) is 14.1. The van der Waals surface area contributed by atoms with Crippen molar-refractivity contribution in [1.29, 1.82) is 0 Å². The minimum atomic E-state index is -0.758. The molecule has 0 spiro atoms. The molecule has 0 aliphatic heterocycles. The molecule has 0 aliphatic rings. The van der Waals surface area contributed by atoms with Gasteiger partial charge in [0.15, 0.2) is 0 Å². The second-order valence-electron chi connectivity index (χ2n) is 4.88. The molecule has 100 valence electrons. The van der Waals surface area contributed by atoms with E-state index in [1.807, 2.05) is 30.3 Å². The maximum atomic E-state index is 11.5. The maximum Gasteiger partial charge on any atom is 0.310 e. The first-order valence-corrected chi connectivity index (χ1v) is 6.62. The first-order valence-electron chi connectivity index (χ1n) is 6.62. The Morgan fingerprint density at radius 2 is 1.94 bits per heavy atom. The molecule has 0 heterocycles. The van der Waals surface area contributed by atoms with Gasteiger partial charge in [-0.3, -0.25) is 4.79 Å². The lowest BCUT2D eigenvalue weighted by Gasteiger charge is -2.28. The van der Waals surface area contributed by atoms with Crippen molar-refractivity contribution in [2.75, 3.05) is 6.54 Å². The van der Waals surface area contributed by atoms with Gasteiger partial charge in [-0.05, 0) is 24.8 Å². The van der Waals surface area contributed by atoms with E-state index in [1.54, 1.807) is 0 Å². The monoisotopic (exact) mass is 249 g/mol. The summed E-state index contributed by atoms with van der Waals surface area (Å²) in [5.74, 6) is -0.755. The molecule has 0 saturated carbocycles. The van der Waals surface area contributed by atoms with Gasteiger partial charge < -0.3 is 10.8 Å². The van der Waals surface area contributed by atoms with Crippen molar-refractivity contribution in [2.24, 2.45) is 11.1 Å². The van der Waals surface area contributed by atoms with Crippen LogP contribution in [0.5, 0.6) is 0 Å². The highest BCUT2D eigenvalue weighted by Gasteiger charge is 2.35. The number of aryl methyl sites for hydroxylation is 1. The van der Waals surface area contributed by atoms with Crippen LogP contribution in [-0.2, 0) is 11.2 Å². The third-order valence-corrected chi connectivity index (χ3v) is 3.59. The molecular weight excluding hydrogens is 226 g/mol. The molecule has 3 heteroatoms. The van der Waals surface area contributed by atoms with Gasteiger partial charge in [0, 0.05) is 6.54 Å². The molecular formula is C15H23NO2. The van der Waals surface area contributed by atoms with E-state index in [9.17, 15) is 9.90 Å². The summed E-state index contributed by atoms with van der Waals surface area (Å²) in [6.45, 7) is 2.29. The molecule has 0 aromatic heterocycles. The standard InChI is InChI=1S/C15H23NO2/c1-2-3-10-15(12-16,14(17)18)11-9-13-7-5-4-6-8-13/h4-8H,2-3,9-12,16H2,1H3,(H,17,18). The van der Waals surface area contributed by atoms with Crippen LogP contribution in [0.4, 0.5) is 0 Å². The van der Waals surface area contributed by atoms with E-state index < -0.39 is 11.4 Å². The van der Waals surface area contributed by atoms with E-state index in [1.165, 1.54) is 5.56 Å². The molecule has 3 N–H and O–H groups in total. The summed E-state index contributed by atoms with van der Waals surface area (Å²) in [7, 11) is 0. The van der Waals surface area contributed by atoms with E-state index in [0.29, 0.717) is 12.8 Å². The maximum absolute atomic E-state index is 11.5. The molecule has 0 saturated heterocycles. The lowest BCUT2D eigenvalue weighted by Crippen LogP contribution is -2.39. The van der Waals surface area contributed by atoms with Gasteiger partial charge in [0.05, 0.1) is 5.41 Å². The molecule has 3 nitrogen and oxygen atoms in total. The van der Waals surface area contributed by atoms with Crippen molar-refractivity contribution in [1.82, 2.24) is 0 Å². The fraction of sp³-hybridized carbons (Fsp3) is 0.533. The number of carbonyl (C=O) groups is 1. The summed E-state index contributed by atoms with van der Waals surface area (Å²) in [6.07, 6.45) is 3.97. The zero-order chi connectivity index (χ0) is 13.4. The minimum Gasteiger partial charge on any atom is -0.481 e. The predicted octanol–water partition coefficient (Wildman–Crippen LogP) is 2.84. The molecule has 0 fully saturated rings. The first-order chi connectivity index (χ1) is 8.64. The van der Waals surface area contributed by atoms with Crippen LogP contribution in [0.3, 0.4) is 0 Å². The summed E-state index contributed by atoms with van der Waals surface area (Å²) in [5.41, 5.74) is 6.15. The van der Waals surface area contributed by atoms with E-state index in [0.717, 1.165) is 19.3 Å². The minimum absolute atomic E-state index is 0.217. The van der Waals surface area contributed by atoms with E-state index >= 15 is 0 Å². The Bertz CT molecular complexity index is 364. The number of aliphatic carboxylic acids is 1. The van der Waals surface area contributed by atoms with Gasteiger partial charge >= 0.3 is 5.97 Å². The van der Waals surface area contributed by atoms with Crippen LogP contribution in [0.15, 0.2) is 30.3 Å². The van der Waals surface area contributed by atoms with Crippen LogP contribution in [0.1, 0.15) is 38.2 Å². The third-order valence-electron chi connectivity index (χ3n) is 3.59. The Kier molecular flexibility index (Phi) is 5.86. The highest BCUT2D eigenvalue weighted by molar-refractivity contribution is 5.75. The summed E-state index contributed by atoms with van der Waals surface area (Å²) < 4.78 is 0. The average molecular weight is 249 g/mol. The second kappa shape index (κ2) is 7.17. The van der Waals surface area contributed by atoms with Crippen LogP contribution in [0.2, 0.25) is 0 Å². The van der Waals surface area contributed by atoms with Gasteiger partial charge in [0.2, 0.25) is 0 Å². The van der Waals surface area contributed by atoms with E-state index in [4.69, 9.17) is 5.73 Å². The molecule has 0 bridgehead atoms. The van der Waals surface area contributed by atoms with Crippen molar-refractivity contribution in [3.05, 3.63) is 35.9 Å². The third kappa shape index (κ3) is 3.84. The number of hydrogen-bond donors (Lipinski definition) is 2. The number of carboxylic acids is 1. The van der Waals surface area contributed by atoms with Crippen molar-refractivity contribution >= 4 is 5.97 Å². The van der Waals surface area contributed by atoms with Gasteiger partial charge in [0.1, 0.15) is 0 Å². The van der Waals surface area contributed by atoms with E-state index in [2.05, 4.69) is 6.92 Å². The first kappa shape index (κ1) is 14.7. The largest absolute Gasteiger partial charge is 0.481 e. The Hall–Kier alpha value is -1.35. The highest BCUT2D eigenvalue weighted by Crippen LogP contribution is 2.30. The number of benzene rings is 1. The second-order valence-corrected chi connectivity index (χ2v) is 4.88. The Morgan fingerprint density at radius 1 is 1.28 bits per heavy atom. The highest BCUT2D eigenvalue weighted by atomic mass is 16.4. The zero-order valence-electron chi connectivity index (χ0n) is 11.1. The fourth-order valence-corrected chi connectivity index (χ4v) is 2.17. The quantitative estimate of drug-likeness (QED) is 0.744. The molecule has 0 aliphatic carbocycles. The number of unbranched alkanes of at least 4 members (excludes halogenated alkanes) is 1. The molecule has 1 unspecified atom stereocenters. The molecule has 1 aromatic rings. The molecule has 1 rings (SSSR count). The number of carboxylic acid groups (broad SMARTS) is 1. The number of nitrogens with two attached hydrogens (primary N) is 1. The topological polar surface area (TPSA) is 63.3 Å². The Morgan fingerprint density at radius 3 is 2.44 bits per heavy atom. The summed E-state index contributed by atoms with van der Waals surface area (Å²) >= 11 is 0. The van der Waals surface area contributed by atoms with Crippen molar-refractivity contribution in [3.63, 3.8) is 0 Å². The molecule has 1 atom stereocenters. The van der Waals surface area contributed by atoms with Gasteiger partial charge in [-0.25, -0.2) is 0 Å². The van der Waals surface area contributed by atoms with Crippen molar-refractivity contribution < 1.29 is 9.90 Å². The summed E-state index contributed by atoms with van der Waals surface area (Å²) in [6, 6.07) is 9.98. The van der Waals surface area contributed by atoms with Crippen molar-refractivity contribution in [2.45, 2.75) is 39.0 Å². The lowest BCUT2D eigenvalue weighted by molar-refractivity contribution is -0.149.